The first-order chi connectivity index (χ1) is 16.4. The van der Waals surface area contributed by atoms with Gasteiger partial charge in [0.05, 0.1) is 10.6 Å². The fourth-order valence-corrected chi connectivity index (χ4v) is 5.70. The second kappa shape index (κ2) is 8.00. The third-order valence-corrected chi connectivity index (χ3v) is 7.47. The molecular formula is C27H25ClFN3O2. The summed E-state index contributed by atoms with van der Waals surface area (Å²) < 4.78 is 20.4. The van der Waals surface area contributed by atoms with E-state index < -0.39 is 11.5 Å². The lowest BCUT2D eigenvalue weighted by atomic mass is 9.76. The Hall–Kier alpha value is -3.09. The molecule has 0 saturated carbocycles. The van der Waals surface area contributed by atoms with Gasteiger partial charge in [-0.1, -0.05) is 48.0 Å². The van der Waals surface area contributed by atoms with E-state index in [4.69, 9.17) is 31.9 Å². The van der Waals surface area contributed by atoms with Crippen molar-refractivity contribution in [2.75, 3.05) is 7.05 Å². The molecule has 2 aliphatic heterocycles. The minimum atomic E-state index is -0.983. The molecule has 3 aliphatic rings. The third kappa shape index (κ3) is 3.44. The van der Waals surface area contributed by atoms with Crippen LogP contribution in [0.15, 0.2) is 65.7 Å². The number of benzene rings is 3. The van der Waals surface area contributed by atoms with Gasteiger partial charge >= 0.3 is 0 Å². The summed E-state index contributed by atoms with van der Waals surface area (Å²) in [5, 5.41) is 1.60. The van der Waals surface area contributed by atoms with E-state index in [0.717, 1.165) is 41.7 Å². The van der Waals surface area contributed by atoms with Gasteiger partial charge in [0.1, 0.15) is 17.7 Å². The van der Waals surface area contributed by atoms with Gasteiger partial charge in [0, 0.05) is 19.4 Å². The van der Waals surface area contributed by atoms with E-state index in [1.54, 1.807) is 19.2 Å². The first kappa shape index (κ1) is 21.4. The Kier molecular flexibility index (Phi) is 5.04. The maximum absolute atomic E-state index is 13.7. The summed E-state index contributed by atoms with van der Waals surface area (Å²) in [6, 6.07) is 19.2. The number of aryl methyl sites for hydroxylation is 1. The van der Waals surface area contributed by atoms with Crippen LogP contribution in [0.25, 0.3) is 11.1 Å². The molecule has 2 heterocycles. The molecule has 1 spiro atoms. The molecule has 0 amide bonds. The highest BCUT2D eigenvalue weighted by molar-refractivity contribution is 6.31. The largest absolute Gasteiger partial charge is 0.489 e. The summed E-state index contributed by atoms with van der Waals surface area (Å²) in [6.45, 7) is 0. The highest BCUT2D eigenvalue weighted by Crippen LogP contribution is 2.51. The topological polar surface area (TPSA) is 60.1 Å². The van der Waals surface area contributed by atoms with Crippen LogP contribution in [0.5, 0.6) is 5.75 Å². The van der Waals surface area contributed by atoms with Crippen LogP contribution < -0.4 is 10.5 Å². The Balaban J connectivity index is 1.44. The van der Waals surface area contributed by atoms with Crippen LogP contribution >= 0.6 is 11.6 Å². The van der Waals surface area contributed by atoms with Gasteiger partial charge in [0.15, 0.2) is 0 Å². The molecule has 0 fully saturated rings. The summed E-state index contributed by atoms with van der Waals surface area (Å²) in [5.41, 5.74) is 10.4. The second-order valence-electron chi connectivity index (χ2n) is 9.24. The molecule has 0 bridgehead atoms. The van der Waals surface area contributed by atoms with Crippen molar-refractivity contribution < 1.29 is 14.0 Å². The standard InChI is InChI=1S/C27H25ClFN3O2/c1-32-26(30)31-27(34-32)15-25(20-8-4-6-16-5-2-3-7-19(16)20)33-24-12-10-17(13-21(24)27)18-9-11-23(29)22(28)14-18/h2-3,5,7,9-14,20,25H,4,6,8,15H2,1H3,(H2,30,31)/t20?,25-,27+/m0/s1. The van der Waals surface area contributed by atoms with E-state index in [-0.39, 0.29) is 17.0 Å². The first-order valence-corrected chi connectivity index (χ1v) is 11.9. The number of hydroxylamine groups is 2. The van der Waals surface area contributed by atoms with Crippen LogP contribution in [0, 0.1) is 5.82 Å². The maximum atomic E-state index is 13.7. The molecule has 34 heavy (non-hydrogen) atoms. The fraction of sp³-hybridized carbons (Fsp3) is 0.296. The zero-order chi connectivity index (χ0) is 23.4. The van der Waals surface area contributed by atoms with Gasteiger partial charge in [-0.2, -0.15) is 0 Å². The molecule has 5 nitrogen and oxygen atoms in total. The van der Waals surface area contributed by atoms with Crippen LogP contribution in [0.3, 0.4) is 0 Å². The molecule has 174 valence electrons. The van der Waals surface area contributed by atoms with Gasteiger partial charge in [-0.15, -0.1) is 0 Å². The van der Waals surface area contributed by atoms with E-state index in [1.807, 2.05) is 18.2 Å². The van der Waals surface area contributed by atoms with Crippen molar-refractivity contribution in [3.05, 3.63) is 88.2 Å². The molecule has 2 N–H and O–H groups in total. The zero-order valence-corrected chi connectivity index (χ0v) is 19.6. The fourth-order valence-electron chi connectivity index (χ4n) is 5.52. The number of nitrogens with two attached hydrogens (primary N) is 1. The van der Waals surface area contributed by atoms with Crippen molar-refractivity contribution in [3.63, 3.8) is 0 Å². The van der Waals surface area contributed by atoms with Crippen LogP contribution in [-0.2, 0) is 17.0 Å². The predicted molar refractivity (Wildman–Crippen MR) is 130 cm³/mol. The molecule has 1 unspecified atom stereocenters. The molecule has 6 rings (SSSR count). The SMILES string of the molecule is CN1O[C@@]2(C[C@@H](C3CCCc4ccccc43)Oc3ccc(-c4ccc(F)c(Cl)c4)cc32)N=C1N. The second-order valence-corrected chi connectivity index (χ2v) is 9.65. The Bertz CT molecular complexity index is 1310. The highest BCUT2D eigenvalue weighted by Gasteiger charge is 2.50. The lowest BCUT2D eigenvalue weighted by Crippen LogP contribution is -2.42. The minimum absolute atomic E-state index is 0.0799. The smallest absolute Gasteiger partial charge is 0.221 e. The van der Waals surface area contributed by atoms with Gasteiger partial charge in [0.2, 0.25) is 11.7 Å². The van der Waals surface area contributed by atoms with Crippen molar-refractivity contribution in [2.24, 2.45) is 10.7 Å². The Morgan fingerprint density at radius 2 is 1.91 bits per heavy atom. The summed E-state index contributed by atoms with van der Waals surface area (Å²) in [4.78, 5) is 11.1. The van der Waals surface area contributed by atoms with Crippen LogP contribution in [0.4, 0.5) is 4.39 Å². The predicted octanol–water partition coefficient (Wildman–Crippen LogP) is 5.76. The number of hydrogen-bond acceptors (Lipinski definition) is 5. The third-order valence-electron chi connectivity index (χ3n) is 7.18. The summed E-state index contributed by atoms with van der Waals surface area (Å²) >= 11 is 6.04. The van der Waals surface area contributed by atoms with Crippen molar-refractivity contribution >= 4 is 17.6 Å². The van der Waals surface area contributed by atoms with Crippen molar-refractivity contribution in [1.29, 1.82) is 0 Å². The minimum Gasteiger partial charge on any atom is -0.489 e. The number of hydrogen-bond donors (Lipinski definition) is 1. The van der Waals surface area contributed by atoms with E-state index in [9.17, 15) is 4.39 Å². The monoisotopic (exact) mass is 477 g/mol. The summed E-state index contributed by atoms with van der Waals surface area (Å²) in [5.74, 6) is 0.849. The molecule has 0 saturated heterocycles. The van der Waals surface area contributed by atoms with Crippen LogP contribution in [0.2, 0.25) is 5.02 Å². The summed E-state index contributed by atoms with van der Waals surface area (Å²) in [7, 11) is 1.76. The number of rotatable bonds is 2. The summed E-state index contributed by atoms with van der Waals surface area (Å²) in [6.07, 6.45) is 3.70. The van der Waals surface area contributed by atoms with Crippen LogP contribution in [-0.4, -0.2) is 24.2 Å². The molecule has 1 aliphatic carbocycles. The Labute approximate surface area is 202 Å². The van der Waals surface area contributed by atoms with Gasteiger partial charge < -0.3 is 10.5 Å². The molecule has 3 aromatic carbocycles. The van der Waals surface area contributed by atoms with Gasteiger partial charge in [-0.3, -0.25) is 0 Å². The Morgan fingerprint density at radius 3 is 2.71 bits per heavy atom. The molecule has 0 aromatic heterocycles. The van der Waals surface area contributed by atoms with E-state index in [1.165, 1.54) is 22.3 Å². The van der Waals surface area contributed by atoms with E-state index >= 15 is 0 Å². The average Bonchev–Trinajstić information content (AvgIpc) is 3.13. The average molecular weight is 478 g/mol. The molecular weight excluding hydrogens is 453 g/mol. The molecule has 0 radical (unpaired) electrons. The van der Waals surface area contributed by atoms with Crippen molar-refractivity contribution in [1.82, 2.24) is 5.06 Å². The first-order valence-electron chi connectivity index (χ1n) is 11.6. The lowest BCUT2D eigenvalue weighted by Gasteiger charge is -2.41. The molecule has 3 atom stereocenters. The quantitative estimate of drug-likeness (QED) is 0.509. The number of guanidine groups is 1. The molecule has 7 heteroatoms. The lowest BCUT2D eigenvalue weighted by molar-refractivity contribution is -0.192. The number of nitrogens with zero attached hydrogens (tertiary/aromatic N) is 2. The Morgan fingerprint density at radius 1 is 1.12 bits per heavy atom. The van der Waals surface area contributed by atoms with Gasteiger partial charge in [-0.05, 0) is 65.8 Å². The zero-order valence-electron chi connectivity index (χ0n) is 18.8. The highest BCUT2D eigenvalue weighted by atomic mass is 35.5. The number of ether oxygens (including phenoxy) is 1. The normalized spacial score (nSPS) is 25.5. The number of halogens is 2. The molecule has 3 aromatic rings. The van der Waals surface area contributed by atoms with Gasteiger partial charge in [0.25, 0.3) is 0 Å². The maximum Gasteiger partial charge on any atom is 0.221 e. The number of aliphatic imine (C=N–C) groups is 1. The van der Waals surface area contributed by atoms with Crippen molar-refractivity contribution in [3.8, 4) is 16.9 Å². The van der Waals surface area contributed by atoms with Gasteiger partial charge in [-0.25, -0.2) is 19.3 Å². The van der Waals surface area contributed by atoms with Crippen molar-refractivity contribution in [2.45, 2.75) is 43.4 Å². The van der Waals surface area contributed by atoms with E-state index in [2.05, 4.69) is 24.3 Å². The van der Waals surface area contributed by atoms with Crippen LogP contribution in [0.1, 0.15) is 41.9 Å². The number of fused-ring (bicyclic) bond motifs is 3. The van der Waals surface area contributed by atoms with E-state index in [0.29, 0.717) is 12.4 Å².